The number of hydrogen-bond acceptors (Lipinski definition) is 6. The minimum Gasteiger partial charge on any atom is -0.371 e. The summed E-state index contributed by atoms with van der Waals surface area (Å²) in [5, 5.41) is 10.9. The van der Waals surface area contributed by atoms with Crippen molar-refractivity contribution in [1.82, 2.24) is 4.90 Å². The molecule has 0 spiro atoms. The van der Waals surface area contributed by atoms with Crippen LogP contribution in [0, 0.1) is 10.1 Å². The SMILES string of the molecule is NNc1ccc([N+](=O)[O-])cc1C(=O)N1CC2CCC(C1)O2. The molecule has 2 fully saturated rings. The van der Waals surface area contributed by atoms with E-state index in [1.807, 2.05) is 0 Å². The largest absolute Gasteiger partial charge is 0.371 e. The molecule has 0 aromatic heterocycles. The van der Waals surface area contributed by atoms with Crippen molar-refractivity contribution in [3.8, 4) is 0 Å². The van der Waals surface area contributed by atoms with Gasteiger partial charge in [0.1, 0.15) is 0 Å². The van der Waals surface area contributed by atoms with Gasteiger partial charge in [0.15, 0.2) is 0 Å². The Hall–Kier alpha value is -2.19. The van der Waals surface area contributed by atoms with Crippen LogP contribution in [0.2, 0.25) is 0 Å². The van der Waals surface area contributed by atoms with Gasteiger partial charge in [-0.25, -0.2) is 0 Å². The number of likely N-dealkylation sites (tertiary alicyclic amines) is 1. The molecule has 8 nitrogen and oxygen atoms in total. The van der Waals surface area contributed by atoms with Crippen molar-refractivity contribution < 1.29 is 14.5 Å². The highest BCUT2D eigenvalue weighted by molar-refractivity contribution is 6.00. The number of amides is 1. The van der Waals surface area contributed by atoms with Crippen LogP contribution in [0.15, 0.2) is 18.2 Å². The molecular weight excluding hydrogens is 276 g/mol. The maximum atomic E-state index is 12.6. The maximum absolute atomic E-state index is 12.6. The smallest absolute Gasteiger partial charge is 0.270 e. The maximum Gasteiger partial charge on any atom is 0.270 e. The van der Waals surface area contributed by atoms with Crippen molar-refractivity contribution >= 4 is 17.3 Å². The topological polar surface area (TPSA) is 111 Å². The highest BCUT2D eigenvalue weighted by Gasteiger charge is 2.36. The summed E-state index contributed by atoms with van der Waals surface area (Å²) in [4.78, 5) is 24.7. The van der Waals surface area contributed by atoms with E-state index in [-0.39, 0.29) is 29.4 Å². The normalized spacial score (nSPS) is 24.0. The van der Waals surface area contributed by atoms with Crippen LogP contribution < -0.4 is 11.3 Å². The fraction of sp³-hybridized carbons (Fsp3) is 0.462. The summed E-state index contributed by atoms with van der Waals surface area (Å²) in [6, 6.07) is 4.02. The first kappa shape index (κ1) is 13.8. The second-order valence-electron chi connectivity index (χ2n) is 5.30. The van der Waals surface area contributed by atoms with E-state index in [9.17, 15) is 14.9 Å². The summed E-state index contributed by atoms with van der Waals surface area (Å²) in [6.07, 6.45) is 2.04. The molecule has 1 amide bonds. The number of benzene rings is 1. The molecule has 1 aromatic rings. The van der Waals surface area contributed by atoms with Gasteiger partial charge in [-0.3, -0.25) is 20.8 Å². The summed E-state index contributed by atoms with van der Waals surface area (Å²) < 4.78 is 5.69. The molecule has 1 aromatic carbocycles. The first-order valence-electron chi connectivity index (χ1n) is 6.78. The number of nitro groups is 1. The van der Waals surface area contributed by atoms with Crippen molar-refractivity contribution in [2.45, 2.75) is 25.0 Å². The third kappa shape index (κ3) is 2.55. The second kappa shape index (κ2) is 5.30. The van der Waals surface area contributed by atoms with Gasteiger partial charge in [-0.05, 0) is 18.9 Å². The van der Waals surface area contributed by atoms with Crippen LogP contribution in [0.3, 0.4) is 0 Å². The third-order valence-electron chi connectivity index (χ3n) is 3.93. The highest BCUT2D eigenvalue weighted by Crippen LogP contribution is 2.29. The predicted molar refractivity (Wildman–Crippen MR) is 74.7 cm³/mol. The van der Waals surface area contributed by atoms with Gasteiger partial charge in [0.25, 0.3) is 11.6 Å². The predicted octanol–water partition coefficient (Wildman–Crippen LogP) is 0.884. The van der Waals surface area contributed by atoms with E-state index in [2.05, 4.69) is 5.43 Å². The first-order chi connectivity index (χ1) is 10.1. The zero-order chi connectivity index (χ0) is 15.0. The Kier molecular flexibility index (Phi) is 3.48. The highest BCUT2D eigenvalue weighted by atomic mass is 16.6. The van der Waals surface area contributed by atoms with Crippen LogP contribution in [0.4, 0.5) is 11.4 Å². The Balaban J connectivity index is 1.89. The molecule has 0 radical (unpaired) electrons. The lowest BCUT2D eigenvalue weighted by atomic mass is 10.1. The molecule has 8 heteroatoms. The number of anilines is 1. The number of nitro benzene ring substituents is 1. The van der Waals surface area contributed by atoms with Gasteiger partial charge < -0.3 is 15.1 Å². The molecule has 2 aliphatic rings. The fourth-order valence-corrected chi connectivity index (χ4v) is 2.90. The molecule has 0 saturated carbocycles. The monoisotopic (exact) mass is 292 g/mol. The van der Waals surface area contributed by atoms with Crippen LogP contribution in [0.5, 0.6) is 0 Å². The van der Waals surface area contributed by atoms with E-state index in [0.717, 1.165) is 12.8 Å². The van der Waals surface area contributed by atoms with E-state index >= 15 is 0 Å². The van der Waals surface area contributed by atoms with E-state index in [1.54, 1.807) is 4.90 Å². The molecule has 2 heterocycles. The minimum atomic E-state index is -0.528. The zero-order valence-electron chi connectivity index (χ0n) is 11.3. The minimum absolute atomic E-state index is 0.0701. The van der Waals surface area contributed by atoms with Crippen molar-refractivity contribution in [3.05, 3.63) is 33.9 Å². The average Bonchev–Trinajstić information content (AvgIpc) is 2.84. The molecule has 3 rings (SSSR count). The Bertz CT molecular complexity index is 580. The molecule has 2 saturated heterocycles. The van der Waals surface area contributed by atoms with Gasteiger partial charge in [-0.2, -0.15) is 0 Å². The molecule has 2 aliphatic heterocycles. The number of fused-ring (bicyclic) bond motifs is 2. The first-order valence-corrected chi connectivity index (χ1v) is 6.78. The van der Waals surface area contributed by atoms with Crippen molar-refractivity contribution in [2.75, 3.05) is 18.5 Å². The van der Waals surface area contributed by atoms with E-state index in [0.29, 0.717) is 18.8 Å². The lowest BCUT2D eigenvalue weighted by Crippen LogP contribution is -2.46. The number of non-ortho nitro benzene ring substituents is 1. The number of rotatable bonds is 3. The van der Waals surface area contributed by atoms with Crippen molar-refractivity contribution in [1.29, 1.82) is 0 Å². The molecule has 2 unspecified atom stereocenters. The number of carbonyl (C=O) groups is 1. The van der Waals surface area contributed by atoms with Gasteiger partial charge in [0.2, 0.25) is 0 Å². The number of nitrogen functional groups attached to an aromatic ring is 1. The number of nitrogens with one attached hydrogen (secondary N) is 1. The van der Waals surface area contributed by atoms with E-state index in [1.165, 1.54) is 18.2 Å². The summed E-state index contributed by atoms with van der Waals surface area (Å²) in [5.41, 5.74) is 2.88. The fourth-order valence-electron chi connectivity index (χ4n) is 2.90. The number of morpholine rings is 1. The third-order valence-corrected chi connectivity index (χ3v) is 3.93. The molecule has 112 valence electrons. The van der Waals surface area contributed by atoms with Crippen LogP contribution in [-0.4, -0.2) is 41.0 Å². The average molecular weight is 292 g/mol. The Morgan fingerprint density at radius 2 is 2.05 bits per heavy atom. The van der Waals surface area contributed by atoms with Crippen LogP contribution >= 0.6 is 0 Å². The number of hydrogen-bond donors (Lipinski definition) is 2. The van der Waals surface area contributed by atoms with Gasteiger partial charge in [0, 0.05) is 25.2 Å². The molecule has 2 bridgehead atoms. The number of nitrogens with zero attached hydrogens (tertiary/aromatic N) is 2. The second-order valence-corrected chi connectivity index (χ2v) is 5.30. The van der Waals surface area contributed by atoms with Crippen LogP contribution in [0.25, 0.3) is 0 Å². The van der Waals surface area contributed by atoms with Gasteiger partial charge in [-0.1, -0.05) is 0 Å². The molecule has 21 heavy (non-hydrogen) atoms. The van der Waals surface area contributed by atoms with Crippen molar-refractivity contribution in [3.63, 3.8) is 0 Å². The number of nitrogens with two attached hydrogens (primary N) is 1. The number of hydrazine groups is 1. The Morgan fingerprint density at radius 3 is 2.62 bits per heavy atom. The molecule has 3 N–H and O–H groups in total. The van der Waals surface area contributed by atoms with Crippen LogP contribution in [-0.2, 0) is 4.74 Å². The quantitative estimate of drug-likeness (QED) is 0.486. The van der Waals surface area contributed by atoms with Gasteiger partial charge in [0.05, 0.1) is 28.4 Å². The van der Waals surface area contributed by atoms with Gasteiger partial charge >= 0.3 is 0 Å². The van der Waals surface area contributed by atoms with E-state index in [4.69, 9.17) is 10.6 Å². The standard InChI is InChI=1S/C13H16N4O4/c14-15-12-4-1-8(17(19)20)5-11(12)13(18)16-6-9-2-3-10(7-16)21-9/h1,4-5,9-10,15H,2-3,6-7,14H2. The molecule has 2 atom stereocenters. The van der Waals surface area contributed by atoms with Crippen LogP contribution in [0.1, 0.15) is 23.2 Å². The van der Waals surface area contributed by atoms with Gasteiger partial charge in [-0.15, -0.1) is 0 Å². The Labute approximate surface area is 121 Å². The summed E-state index contributed by atoms with van der Waals surface area (Å²) >= 11 is 0. The van der Waals surface area contributed by atoms with E-state index < -0.39 is 4.92 Å². The number of ether oxygens (including phenoxy) is 1. The summed E-state index contributed by atoms with van der Waals surface area (Å²) in [7, 11) is 0. The zero-order valence-corrected chi connectivity index (χ0v) is 11.3. The lowest BCUT2D eigenvalue weighted by Gasteiger charge is -2.32. The lowest BCUT2D eigenvalue weighted by molar-refractivity contribution is -0.384. The number of carbonyl (C=O) groups excluding carboxylic acids is 1. The summed E-state index contributed by atoms with van der Waals surface area (Å²) in [6.45, 7) is 1.03. The molecule has 0 aliphatic carbocycles. The Morgan fingerprint density at radius 1 is 1.38 bits per heavy atom. The summed E-state index contributed by atoms with van der Waals surface area (Å²) in [5.74, 6) is 5.14. The van der Waals surface area contributed by atoms with Crippen molar-refractivity contribution in [2.24, 2.45) is 5.84 Å². The molecular formula is C13H16N4O4.